The molecular formula is C22H16N3O5-. The summed E-state index contributed by atoms with van der Waals surface area (Å²) in [6.07, 6.45) is 1.28. The number of non-ortho nitro benzene ring substituents is 1. The van der Waals surface area contributed by atoms with Gasteiger partial charge in [-0.3, -0.25) is 15.1 Å². The number of hydrogen-bond acceptors (Lipinski definition) is 7. The third-order valence-electron chi connectivity index (χ3n) is 4.49. The molecule has 4 rings (SSSR count). The van der Waals surface area contributed by atoms with Crippen LogP contribution in [-0.4, -0.2) is 23.2 Å². The van der Waals surface area contributed by atoms with Crippen LogP contribution in [0.15, 0.2) is 64.0 Å². The number of fused-ring (bicyclic) bond motifs is 1. The first kappa shape index (κ1) is 19.1. The number of rotatable bonds is 5. The molecule has 8 nitrogen and oxygen atoms in total. The van der Waals surface area contributed by atoms with Gasteiger partial charge in [0.25, 0.3) is 5.69 Å². The molecule has 3 aromatic carbocycles. The second kappa shape index (κ2) is 7.67. The summed E-state index contributed by atoms with van der Waals surface area (Å²) in [6, 6.07) is 15.2. The van der Waals surface area contributed by atoms with Gasteiger partial charge >= 0.3 is 0 Å². The van der Waals surface area contributed by atoms with E-state index in [1.807, 2.05) is 31.2 Å². The molecule has 0 fully saturated rings. The highest BCUT2D eigenvalue weighted by Gasteiger charge is 2.12. The number of aliphatic imine (C=N–C) groups is 1. The van der Waals surface area contributed by atoms with Crippen LogP contribution in [0.3, 0.4) is 0 Å². The van der Waals surface area contributed by atoms with Crippen molar-refractivity contribution in [3.63, 3.8) is 0 Å². The molecule has 0 aliphatic heterocycles. The number of benzene rings is 3. The van der Waals surface area contributed by atoms with Gasteiger partial charge in [0.1, 0.15) is 11.3 Å². The topological polar surface area (TPSA) is 114 Å². The molecule has 0 spiro atoms. The third-order valence-corrected chi connectivity index (χ3v) is 4.49. The quantitative estimate of drug-likeness (QED) is 0.275. The first-order valence-corrected chi connectivity index (χ1v) is 9.00. The number of aryl methyl sites for hydroxylation is 1. The lowest BCUT2D eigenvalue weighted by Crippen LogP contribution is -2.02. The maximum Gasteiger partial charge on any atom is 0.273 e. The van der Waals surface area contributed by atoms with Crippen LogP contribution in [0.1, 0.15) is 11.1 Å². The van der Waals surface area contributed by atoms with Crippen molar-refractivity contribution in [2.45, 2.75) is 6.92 Å². The molecule has 150 valence electrons. The maximum absolute atomic E-state index is 12.3. The first-order valence-electron chi connectivity index (χ1n) is 9.00. The Morgan fingerprint density at radius 3 is 2.73 bits per heavy atom. The summed E-state index contributed by atoms with van der Waals surface area (Å²) in [5.41, 5.74) is 3.52. The second-order valence-electron chi connectivity index (χ2n) is 6.62. The molecule has 4 aromatic rings. The van der Waals surface area contributed by atoms with Crippen LogP contribution >= 0.6 is 0 Å². The van der Waals surface area contributed by atoms with Gasteiger partial charge in [-0.05, 0) is 42.8 Å². The molecule has 0 radical (unpaired) electrons. The fraction of sp³-hybridized carbons (Fsp3) is 0.0909. The van der Waals surface area contributed by atoms with E-state index in [-0.39, 0.29) is 17.0 Å². The molecule has 1 heterocycles. The Kier molecular flexibility index (Phi) is 4.89. The summed E-state index contributed by atoms with van der Waals surface area (Å²) in [5, 5.41) is 23.4. The van der Waals surface area contributed by atoms with Crippen LogP contribution in [0, 0.1) is 17.0 Å². The highest BCUT2D eigenvalue weighted by Crippen LogP contribution is 2.32. The normalized spacial score (nSPS) is 11.3. The lowest BCUT2D eigenvalue weighted by Gasteiger charge is -2.14. The lowest BCUT2D eigenvalue weighted by molar-refractivity contribution is -0.385. The number of ether oxygens (including phenoxy) is 1. The molecule has 30 heavy (non-hydrogen) atoms. The van der Waals surface area contributed by atoms with Gasteiger partial charge in [-0.25, -0.2) is 4.98 Å². The van der Waals surface area contributed by atoms with E-state index in [2.05, 4.69) is 9.98 Å². The molecule has 8 heteroatoms. The Hall–Kier alpha value is -4.20. The highest BCUT2D eigenvalue weighted by atomic mass is 16.6. The molecule has 1 aromatic heterocycles. The SMILES string of the molecule is COc1cc([N+](=O)[O-])cc(C=Nc2ccc3oc(-c4cccc(C)c4)nc3c2)c1[O-]. The Labute approximate surface area is 171 Å². The fourth-order valence-electron chi connectivity index (χ4n) is 3.00. The molecule has 0 aliphatic carbocycles. The van der Waals surface area contributed by atoms with Gasteiger partial charge in [-0.1, -0.05) is 23.4 Å². The van der Waals surface area contributed by atoms with E-state index in [4.69, 9.17) is 9.15 Å². The predicted molar refractivity (Wildman–Crippen MR) is 111 cm³/mol. The molecule has 0 saturated carbocycles. The molecule has 0 amide bonds. The van der Waals surface area contributed by atoms with Crippen LogP contribution < -0.4 is 9.84 Å². The Bertz CT molecular complexity index is 1290. The Morgan fingerprint density at radius 2 is 2.00 bits per heavy atom. The van der Waals surface area contributed by atoms with Gasteiger partial charge in [0.05, 0.1) is 23.8 Å². The van der Waals surface area contributed by atoms with E-state index in [0.717, 1.165) is 17.2 Å². The molecule has 0 N–H and O–H groups in total. The number of aromatic nitrogens is 1. The van der Waals surface area contributed by atoms with E-state index < -0.39 is 10.7 Å². The summed E-state index contributed by atoms with van der Waals surface area (Å²) >= 11 is 0. The van der Waals surface area contributed by atoms with Crippen molar-refractivity contribution in [2.75, 3.05) is 7.11 Å². The van der Waals surface area contributed by atoms with Crippen LogP contribution in [-0.2, 0) is 0 Å². The van der Waals surface area contributed by atoms with Gasteiger partial charge in [0.15, 0.2) is 5.58 Å². The van der Waals surface area contributed by atoms with Crippen LogP contribution in [0.4, 0.5) is 11.4 Å². The summed E-state index contributed by atoms with van der Waals surface area (Å²) in [6.45, 7) is 1.99. The first-order chi connectivity index (χ1) is 14.4. The number of nitro groups is 1. The molecule has 0 aliphatic rings. The summed E-state index contributed by atoms with van der Waals surface area (Å²) in [5.74, 6) is -0.0865. The predicted octanol–water partition coefficient (Wildman–Crippen LogP) is 4.54. The number of methoxy groups -OCH3 is 1. The van der Waals surface area contributed by atoms with E-state index in [1.54, 1.807) is 18.2 Å². The van der Waals surface area contributed by atoms with Crippen molar-refractivity contribution >= 4 is 28.7 Å². The average molecular weight is 402 g/mol. The maximum atomic E-state index is 12.3. The lowest BCUT2D eigenvalue weighted by atomic mass is 10.1. The van der Waals surface area contributed by atoms with Crippen molar-refractivity contribution in [1.29, 1.82) is 0 Å². The molecule has 0 saturated heterocycles. The van der Waals surface area contributed by atoms with Crippen LogP contribution in [0.5, 0.6) is 11.5 Å². The minimum Gasteiger partial charge on any atom is -0.870 e. The van der Waals surface area contributed by atoms with E-state index in [1.165, 1.54) is 19.4 Å². The van der Waals surface area contributed by atoms with Crippen molar-refractivity contribution < 1.29 is 19.2 Å². The summed E-state index contributed by atoms with van der Waals surface area (Å²) in [4.78, 5) is 19.3. The smallest absolute Gasteiger partial charge is 0.273 e. The fourth-order valence-corrected chi connectivity index (χ4v) is 3.00. The van der Waals surface area contributed by atoms with Crippen molar-refractivity contribution in [2.24, 2.45) is 4.99 Å². The molecule has 0 atom stereocenters. The van der Waals surface area contributed by atoms with Gasteiger partial charge < -0.3 is 14.3 Å². The van der Waals surface area contributed by atoms with Gasteiger partial charge in [-0.15, -0.1) is 0 Å². The highest BCUT2D eigenvalue weighted by molar-refractivity contribution is 5.89. The number of hydrogen-bond donors (Lipinski definition) is 0. The van der Waals surface area contributed by atoms with E-state index in [9.17, 15) is 15.2 Å². The zero-order valence-electron chi connectivity index (χ0n) is 16.2. The number of nitrogens with zero attached hydrogens (tertiary/aromatic N) is 3. The van der Waals surface area contributed by atoms with E-state index in [0.29, 0.717) is 22.7 Å². The van der Waals surface area contributed by atoms with Crippen molar-refractivity contribution in [1.82, 2.24) is 4.98 Å². The molecular weight excluding hydrogens is 386 g/mol. The largest absolute Gasteiger partial charge is 0.870 e. The van der Waals surface area contributed by atoms with Gasteiger partial charge in [0, 0.05) is 17.8 Å². The Morgan fingerprint density at radius 1 is 1.17 bits per heavy atom. The zero-order valence-corrected chi connectivity index (χ0v) is 16.2. The standard InChI is InChI=1S/C22H17N3O5/c1-13-4-3-5-14(8-13)22-24-18-10-16(6-7-19(18)30-22)23-12-15-9-17(25(27)28)11-20(29-2)21(15)26/h3-12,26H,1-2H3/p-1. The third kappa shape index (κ3) is 3.70. The zero-order chi connectivity index (χ0) is 21.3. The minimum atomic E-state index is -0.590. The average Bonchev–Trinajstić information content (AvgIpc) is 3.16. The summed E-state index contributed by atoms with van der Waals surface area (Å²) < 4.78 is 10.8. The minimum absolute atomic E-state index is 0.0572. The number of oxazole rings is 1. The van der Waals surface area contributed by atoms with E-state index >= 15 is 0 Å². The second-order valence-corrected chi connectivity index (χ2v) is 6.62. The van der Waals surface area contributed by atoms with Crippen molar-refractivity contribution in [3.8, 4) is 23.0 Å². The van der Waals surface area contributed by atoms with Crippen molar-refractivity contribution in [3.05, 3.63) is 75.8 Å². The van der Waals surface area contributed by atoms with Gasteiger partial charge in [-0.2, -0.15) is 0 Å². The number of nitro benzene ring substituents is 1. The van der Waals surface area contributed by atoms with Crippen LogP contribution in [0.2, 0.25) is 0 Å². The monoisotopic (exact) mass is 402 g/mol. The molecule has 0 unspecified atom stereocenters. The molecule has 0 bridgehead atoms. The van der Waals surface area contributed by atoms with Crippen LogP contribution in [0.25, 0.3) is 22.6 Å². The Balaban J connectivity index is 1.68. The van der Waals surface area contributed by atoms with Gasteiger partial charge in [0.2, 0.25) is 5.89 Å². The summed E-state index contributed by atoms with van der Waals surface area (Å²) in [7, 11) is 1.28.